The number of nitrogens with zero attached hydrogens (tertiary/aromatic N) is 1. The van der Waals surface area contributed by atoms with Crippen molar-refractivity contribution in [2.45, 2.75) is 26.7 Å². The third-order valence-electron chi connectivity index (χ3n) is 3.99. The molecule has 0 unspecified atom stereocenters. The van der Waals surface area contributed by atoms with Crippen molar-refractivity contribution in [3.8, 4) is 5.69 Å². The first-order valence-electron chi connectivity index (χ1n) is 8.11. The van der Waals surface area contributed by atoms with Gasteiger partial charge in [0.05, 0.1) is 11.2 Å². The van der Waals surface area contributed by atoms with Crippen LogP contribution in [0.1, 0.15) is 25.8 Å². The highest BCUT2D eigenvalue weighted by Gasteiger charge is 2.10. The van der Waals surface area contributed by atoms with Crippen molar-refractivity contribution in [2.75, 3.05) is 5.32 Å². The molecule has 3 aromatic rings. The van der Waals surface area contributed by atoms with E-state index in [0.717, 1.165) is 29.7 Å². The van der Waals surface area contributed by atoms with Crippen LogP contribution < -0.4 is 10.7 Å². The van der Waals surface area contributed by atoms with Crippen LogP contribution in [0.5, 0.6) is 0 Å². The normalized spacial score (nSPS) is 10.8. The van der Waals surface area contributed by atoms with E-state index in [1.54, 1.807) is 12.3 Å². The first-order chi connectivity index (χ1) is 11.6. The molecule has 0 fully saturated rings. The van der Waals surface area contributed by atoms with E-state index in [9.17, 15) is 9.59 Å². The zero-order valence-electron chi connectivity index (χ0n) is 13.9. The van der Waals surface area contributed by atoms with Gasteiger partial charge in [-0.2, -0.15) is 0 Å². The summed E-state index contributed by atoms with van der Waals surface area (Å²) in [5.41, 5.74) is 3.79. The van der Waals surface area contributed by atoms with Crippen molar-refractivity contribution in [2.24, 2.45) is 0 Å². The van der Waals surface area contributed by atoms with E-state index in [1.807, 2.05) is 47.0 Å². The molecule has 0 atom stereocenters. The highest BCUT2D eigenvalue weighted by atomic mass is 16.1. The summed E-state index contributed by atoms with van der Waals surface area (Å²) in [5, 5.41) is 3.52. The Balaban J connectivity index is 2.25. The van der Waals surface area contributed by atoms with Gasteiger partial charge >= 0.3 is 0 Å². The Labute approximate surface area is 140 Å². The second kappa shape index (κ2) is 6.71. The molecule has 1 heterocycles. The Kier molecular flexibility index (Phi) is 4.47. The highest BCUT2D eigenvalue weighted by molar-refractivity contribution is 5.89. The zero-order chi connectivity index (χ0) is 17.1. The van der Waals surface area contributed by atoms with Crippen LogP contribution in [0.25, 0.3) is 16.6 Å². The Morgan fingerprint density at radius 2 is 1.92 bits per heavy atom. The Hall–Kier alpha value is -2.88. The molecule has 1 N–H and O–H groups in total. The van der Waals surface area contributed by atoms with Crippen LogP contribution in [0, 0.1) is 0 Å². The molecule has 122 valence electrons. The summed E-state index contributed by atoms with van der Waals surface area (Å²) in [5.74, 6) is -0.103. The lowest BCUT2D eigenvalue weighted by Gasteiger charge is -2.16. The SMILES string of the molecule is CCCc1ccc(NC(C)=O)cc1-n1ccc(=O)c2ccccc21. The minimum Gasteiger partial charge on any atom is -0.326 e. The monoisotopic (exact) mass is 320 g/mol. The molecule has 1 amide bonds. The van der Waals surface area contributed by atoms with E-state index in [4.69, 9.17) is 0 Å². The number of pyridine rings is 1. The predicted octanol–water partition coefficient (Wildman–Crippen LogP) is 3.90. The number of hydrogen-bond acceptors (Lipinski definition) is 2. The number of carbonyl (C=O) groups excluding carboxylic acids is 1. The molecule has 0 aliphatic carbocycles. The molecule has 0 spiro atoms. The first kappa shape index (κ1) is 16.0. The molecule has 24 heavy (non-hydrogen) atoms. The molecule has 0 aliphatic heterocycles. The second-order valence-corrected chi connectivity index (χ2v) is 5.84. The standard InChI is InChI=1S/C20H20N2O2/c1-3-6-15-9-10-16(21-14(2)23)13-19(15)22-12-11-20(24)17-7-4-5-8-18(17)22/h4-5,7-13H,3,6H2,1-2H3,(H,21,23). The number of anilines is 1. The van der Waals surface area contributed by atoms with Gasteiger partial charge in [0, 0.05) is 30.3 Å². The van der Waals surface area contributed by atoms with Crippen LogP contribution in [0.4, 0.5) is 5.69 Å². The lowest BCUT2D eigenvalue weighted by molar-refractivity contribution is -0.114. The molecule has 0 radical (unpaired) electrons. The number of carbonyl (C=O) groups is 1. The van der Waals surface area contributed by atoms with Gasteiger partial charge in [0.25, 0.3) is 0 Å². The maximum atomic E-state index is 12.1. The summed E-state index contributed by atoms with van der Waals surface area (Å²) in [4.78, 5) is 23.5. The lowest BCUT2D eigenvalue weighted by Crippen LogP contribution is -2.10. The van der Waals surface area contributed by atoms with Gasteiger partial charge in [0.2, 0.25) is 5.91 Å². The molecule has 0 saturated carbocycles. The van der Waals surface area contributed by atoms with Gasteiger partial charge in [-0.3, -0.25) is 9.59 Å². The summed E-state index contributed by atoms with van der Waals surface area (Å²) >= 11 is 0. The van der Waals surface area contributed by atoms with Gasteiger partial charge in [0.15, 0.2) is 5.43 Å². The summed E-state index contributed by atoms with van der Waals surface area (Å²) < 4.78 is 2.02. The first-order valence-corrected chi connectivity index (χ1v) is 8.11. The molecule has 2 aromatic carbocycles. The topological polar surface area (TPSA) is 51.1 Å². The van der Waals surface area contributed by atoms with E-state index < -0.39 is 0 Å². The Bertz CT molecular complexity index is 957. The Morgan fingerprint density at radius 3 is 2.67 bits per heavy atom. The molecule has 0 aliphatic rings. The number of benzene rings is 2. The van der Waals surface area contributed by atoms with Gasteiger partial charge < -0.3 is 9.88 Å². The van der Waals surface area contributed by atoms with Crippen LogP contribution in [0.15, 0.2) is 59.5 Å². The summed E-state index contributed by atoms with van der Waals surface area (Å²) in [6.07, 6.45) is 3.75. The van der Waals surface area contributed by atoms with Crippen LogP contribution in [0.2, 0.25) is 0 Å². The van der Waals surface area contributed by atoms with Gasteiger partial charge in [-0.25, -0.2) is 0 Å². The van der Waals surface area contributed by atoms with Crippen LogP contribution in [-0.2, 0) is 11.2 Å². The lowest BCUT2D eigenvalue weighted by atomic mass is 10.1. The molecule has 3 rings (SSSR count). The average Bonchev–Trinajstić information content (AvgIpc) is 2.57. The quantitative estimate of drug-likeness (QED) is 0.792. The van der Waals surface area contributed by atoms with Crippen molar-refractivity contribution >= 4 is 22.5 Å². The molecule has 0 saturated heterocycles. The molecule has 4 heteroatoms. The second-order valence-electron chi connectivity index (χ2n) is 5.84. The zero-order valence-corrected chi connectivity index (χ0v) is 13.9. The maximum absolute atomic E-state index is 12.1. The highest BCUT2D eigenvalue weighted by Crippen LogP contribution is 2.24. The minimum absolute atomic E-state index is 0.0110. The number of hydrogen-bond donors (Lipinski definition) is 1. The number of nitrogens with one attached hydrogen (secondary N) is 1. The number of fused-ring (bicyclic) bond motifs is 1. The number of para-hydroxylation sites is 1. The minimum atomic E-state index is -0.103. The van der Waals surface area contributed by atoms with Gasteiger partial charge in [-0.1, -0.05) is 31.5 Å². The van der Waals surface area contributed by atoms with E-state index >= 15 is 0 Å². The third kappa shape index (κ3) is 3.08. The largest absolute Gasteiger partial charge is 0.326 e. The average molecular weight is 320 g/mol. The van der Waals surface area contributed by atoms with Crippen molar-refractivity contribution in [3.05, 3.63) is 70.5 Å². The number of aromatic nitrogens is 1. The van der Waals surface area contributed by atoms with E-state index in [1.165, 1.54) is 12.5 Å². The van der Waals surface area contributed by atoms with Gasteiger partial charge in [-0.05, 0) is 36.2 Å². The number of rotatable bonds is 4. The van der Waals surface area contributed by atoms with E-state index in [0.29, 0.717) is 5.39 Å². The fraction of sp³-hybridized carbons (Fsp3) is 0.200. The van der Waals surface area contributed by atoms with Crippen LogP contribution in [-0.4, -0.2) is 10.5 Å². The molecule has 1 aromatic heterocycles. The smallest absolute Gasteiger partial charge is 0.221 e. The molecular formula is C20H20N2O2. The number of aryl methyl sites for hydroxylation is 1. The summed E-state index contributed by atoms with van der Waals surface area (Å²) in [6, 6.07) is 15.1. The van der Waals surface area contributed by atoms with Crippen molar-refractivity contribution < 1.29 is 4.79 Å². The van der Waals surface area contributed by atoms with Gasteiger partial charge in [-0.15, -0.1) is 0 Å². The number of amides is 1. The Morgan fingerprint density at radius 1 is 1.12 bits per heavy atom. The molecule has 4 nitrogen and oxygen atoms in total. The third-order valence-corrected chi connectivity index (χ3v) is 3.99. The molecule has 0 bridgehead atoms. The van der Waals surface area contributed by atoms with E-state index in [-0.39, 0.29) is 11.3 Å². The summed E-state index contributed by atoms with van der Waals surface area (Å²) in [7, 11) is 0. The fourth-order valence-electron chi connectivity index (χ4n) is 2.96. The van der Waals surface area contributed by atoms with Crippen LogP contribution >= 0.6 is 0 Å². The van der Waals surface area contributed by atoms with Gasteiger partial charge in [0.1, 0.15) is 0 Å². The van der Waals surface area contributed by atoms with Crippen molar-refractivity contribution in [1.82, 2.24) is 4.57 Å². The van der Waals surface area contributed by atoms with Crippen molar-refractivity contribution in [3.63, 3.8) is 0 Å². The predicted molar refractivity (Wildman–Crippen MR) is 97.8 cm³/mol. The van der Waals surface area contributed by atoms with Crippen LogP contribution in [0.3, 0.4) is 0 Å². The summed E-state index contributed by atoms with van der Waals surface area (Å²) in [6.45, 7) is 3.63. The molecular weight excluding hydrogens is 300 g/mol. The van der Waals surface area contributed by atoms with Crippen molar-refractivity contribution in [1.29, 1.82) is 0 Å². The van der Waals surface area contributed by atoms with E-state index in [2.05, 4.69) is 12.2 Å². The fourth-order valence-corrected chi connectivity index (χ4v) is 2.96. The maximum Gasteiger partial charge on any atom is 0.221 e.